The molecule has 0 spiro atoms. The summed E-state index contributed by atoms with van der Waals surface area (Å²) >= 11 is 5.90. The number of nitrogens with one attached hydrogen (secondary N) is 1. The van der Waals surface area contributed by atoms with Crippen LogP contribution in [0.5, 0.6) is 5.75 Å². The minimum absolute atomic E-state index is 0.320. The summed E-state index contributed by atoms with van der Waals surface area (Å²) in [6, 6.07) is 24.9. The third kappa shape index (κ3) is 4.68. The molecular weight excluding hydrogens is 424 g/mol. The fourth-order valence-corrected chi connectivity index (χ4v) is 3.41. The summed E-state index contributed by atoms with van der Waals surface area (Å²) in [6.45, 7) is 1.86. The maximum absolute atomic E-state index is 12.6. The highest BCUT2D eigenvalue weighted by atomic mass is 35.5. The second-order valence-corrected chi connectivity index (χ2v) is 7.55. The van der Waals surface area contributed by atoms with Crippen molar-refractivity contribution in [1.29, 1.82) is 0 Å². The average molecular weight is 443 g/mol. The van der Waals surface area contributed by atoms with Crippen molar-refractivity contribution in [3.05, 3.63) is 112 Å². The minimum atomic E-state index is -0.518. The van der Waals surface area contributed by atoms with E-state index < -0.39 is 5.97 Å². The Bertz CT molecular complexity index is 1330. The van der Waals surface area contributed by atoms with Crippen LogP contribution in [0, 0.1) is 6.92 Å². The molecule has 158 valence electrons. The standard InChI is InChI=1S/C26H19ClN2O3/c1-17-6-2-4-8-21(17)25(30)29-28-16-23-22-9-5-3-7-18(22)12-15-24(23)32-26(31)19-10-13-20(27)14-11-19/h2-16H,1H3,(H,29,30). The average Bonchev–Trinajstić information content (AvgIpc) is 2.80. The van der Waals surface area contributed by atoms with Gasteiger partial charge in [-0.05, 0) is 59.7 Å². The van der Waals surface area contributed by atoms with E-state index >= 15 is 0 Å². The van der Waals surface area contributed by atoms with Crippen LogP contribution in [0.25, 0.3) is 10.8 Å². The summed E-state index contributed by atoms with van der Waals surface area (Å²) in [4.78, 5) is 25.1. The summed E-state index contributed by atoms with van der Waals surface area (Å²) in [6.07, 6.45) is 1.49. The zero-order valence-corrected chi connectivity index (χ0v) is 18.0. The van der Waals surface area contributed by atoms with Crippen molar-refractivity contribution in [3.63, 3.8) is 0 Å². The Morgan fingerprint density at radius 2 is 1.62 bits per heavy atom. The monoisotopic (exact) mass is 442 g/mol. The number of hydrogen-bond donors (Lipinski definition) is 1. The number of esters is 1. The Labute approximate surface area is 190 Å². The van der Waals surface area contributed by atoms with Crippen LogP contribution in [-0.2, 0) is 0 Å². The smallest absolute Gasteiger partial charge is 0.343 e. The molecule has 4 rings (SSSR count). The van der Waals surface area contributed by atoms with Crippen molar-refractivity contribution in [2.45, 2.75) is 6.92 Å². The second-order valence-electron chi connectivity index (χ2n) is 7.11. The number of fused-ring (bicyclic) bond motifs is 1. The van der Waals surface area contributed by atoms with E-state index in [2.05, 4.69) is 10.5 Å². The van der Waals surface area contributed by atoms with Crippen molar-refractivity contribution in [3.8, 4) is 5.75 Å². The molecule has 32 heavy (non-hydrogen) atoms. The van der Waals surface area contributed by atoms with E-state index in [1.54, 1.807) is 42.5 Å². The Morgan fingerprint density at radius 3 is 2.41 bits per heavy atom. The summed E-state index contributed by atoms with van der Waals surface area (Å²) in [5.74, 6) is -0.507. The van der Waals surface area contributed by atoms with Crippen molar-refractivity contribution in [1.82, 2.24) is 5.43 Å². The molecule has 0 atom stereocenters. The largest absolute Gasteiger partial charge is 0.422 e. The molecular formula is C26H19ClN2O3. The lowest BCUT2D eigenvalue weighted by atomic mass is 10.0. The molecule has 0 aliphatic rings. The number of halogens is 1. The number of hydrazone groups is 1. The zero-order valence-electron chi connectivity index (χ0n) is 17.2. The molecule has 0 fully saturated rings. The molecule has 0 heterocycles. The van der Waals surface area contributed by atoms with Gasteiger partial charge in [0.1, 0.15) is 5.75 Å². The zero-order chi connectivity index (χ0) is 22.5. The molecule has 0 radical (unpaired) electrons. The third-order valence-corrected chi connectivity index (χ3v) is 5.21. The van der Waals surface area contributed by atoms with E-state index in [4.69, 9.17) is 16.3 Å². The molecule has 0 aliphatic carbocycles. The Hall–Kier alpha value is -3.96. The summed E-state index contributed by atoms with van der Waals surface area (Å²) in [7, 11) is 0. The molecule has 0 bridgehead atoms. The minimum Gasteiger partial charge on any atom is -0.422 e. The Kier molecular flexibility index (Phi) is 6.29. The van der Waals surface area contributed by atoms with Gasteiger partial charge in [0.2, 0.25) is 0 Å². The molecule has 1 N–H and O–H groups in total. The van der Waals surface area contributed by atoms with Gasteiger partial charge in [0.25, 0.3) is 5.91 Å². The summed E-state index contributed by atoms with van der Waals surface area (Å²) < 4.78 is 5.65. The van der Waals surface area contributed by atoms with Crippen LogP contribution >= 0.6 is 11.6 Å². The van der Waals surface area contributed by atoms with Crippen LogP contribution in [0.3, 0.4) is 0 Å². The lowest BCUT2D eigenvalue weighted by Crippen LogP contribution is -2.18. The van der Waals surface area contributed by atoms with Gasteiger partial charge in [-0.15, -0.1) is 0 Å². The van der Waals surface area contributed by atoms with Gasteiger partial charge < -0.3 is 4.74 Å². The van der Waals surface area contributed by atoms with Gasteiger partial charge in [-0.1, -0.05) is 60.1 Å². The molecule has 4 aromatic carbocycles. The number of ether oxygens (including phenoxy) is 1. The van der Waals surface area contributed by atoms with Crippen molar-refractivity contribution >= 4 is 40.5 Å². The van der Waals surface area contributed by atoms with E-state index in [9.17, 15) is 9.59 Å². The van der Waals surface area contributed by atoms with Crippen molar-refractivity contribution < 1.29 is 14.3 Å². The number of amides is 1. The van der Waals surface area contributed by atoms with Gasteiger partial charge in [-0.3, -0.25) is 4.79 Å². The molecule has 5 nitrogen and oxygen atoms in total. The Balaban J connectivity index is 1.63. The number of carbonyl (C=O) groups excluding carboxylic acids is 2. The fraction of sp³-hybridized carbons (Fsp3) is 0.0385. The first-order chi connectivity index (χ1) is 15.5. The molecule has 6 heteroatoms. The predicted molar refractivity (Wildman–Crippen MR) is 127 cm³/mol. The van der Waals surface area contributed by atoms with Crippen molar-refractivity contribution in [2.75, 3.05) is 0 Å². The number of nitrogens with zero attached hydrogens (tertiary/aromatic N) is 1. The lowest BCUT2D eigenvalue weighted by molar-refractivity contribution is 0.0734. The normalized spacial score (nSPS) is 10.9. The maximum atomic E-state index is 12.6. The number of carbonyl (C=O) groups is 2. The van der Waals surface area contributed by atoms with E-state index in [0.29, 0.717) is 27.5 Å². The summed E-state index contributed by atoms with van der Waals surface area (Å²) in [5.41, 5.74) is 4.89. The van der Waals surface area contributed by atoms with Gasteiger partial charge in [-0.2, -0.15) is 5.10 Å². The lowest BCUT2D eigenvalue weighted by Gasteiger charge is -2.11. The van der Waals surface area contributed by atoms with Crippen LogP contribution in [0.2, 0.25) is 5.02 Å². The van der Waals surface area contributed by atoms with Crippen LogP contribution in [0.1, 0.15) is 31.8 Å². The molecule has 1 amide bonds. The van der Waals surface area contributed by atoms with E-state index in [1.165, 1.54) is 6.21 Å². The number of aryl methyl sites for hydroxylation is 1. The van der Waals surface area contributed by atoms with Gasteiger partial charge in [0.05, 0.1) is 11.8 Å². The second kappa shape index (κ2) is 9.45. The predicted octanol–water partition coefficient (Wildman–Crippen LogP) is 5.78. The fourth-order valence-electron chi connectivity index (χ4n) is 3.29. The van der Waals surface area contributed by atoms with E-state index in [-0.39, 0.29) is 5.91 Å². The Morgan fingerprint density at radius 1 is 0.906 bits per heavy atom. The highest BCUT2D eigenvalue weighted by Crippen LogP contribution is 2.27. The highest BCUT2D eigenvalue weighted by Gasteiger charge is 2.14. The van der Waals surface area contributed by atoms with Crippen LogP contribution in [0.15, 0.2) is 90.0 Å². The molecule has 0 unspecified atom stereocenters. The SMILES string of the molecule is Cc1ccccc1C(=O)NN=Cc1c(OC(=O)c2ccc(Cl)cc2)ccc2ccccc12. The molecule has 0 aromatic heterocycles. The molecule has 0 saturated carbocycles. The number of rotatable bonds is 5. The van der Waals surface area contributed by atoms with Gasteiger partial charge in [-0.25, -0.2) is 10.2 Å². The van der Waals surface area contributed by atoms with Gasteiger partial charge in [0, 0.05) is 16.1 Å². The van der Waals surface area contributed by atoms with Crippen LogP contribution < -0.4 is 10.2 Å². The first-order valence-corrected chi connectivity index (χ1v) is 10.3. The van der Waals surface area contributed by atoms with Gasteiger partial charge >= 0.3 is 5.97 Å². The number of hydrogen-bond acceptors (Lipinski definition) is 4. The molecule has 0 saturated heterocycles. The third-order valence-electron chi connectivity index (χ3n) is 4.96. The van der Waals surface area contributed by atoms with Crippen LogP contribution in [0.4, 0.5) is 0 Å². The first-order valence-electron chi connectivity index (χ1n) is 9.91. The molecule has 4 aromatic rings. The quantitative estimate of drug-likeness (QED) is 0.184. The first kappa shape index (κ1) is 21.3. The van der Waals surface area contributed by atoms with E-state index in [1.807, 2.05) is 49.4 Å². The maximum Gasteiger partial charge on any atom is 0.343 e. The topological polar surface area (TPSA) is 67.8 Å². The van der Waals surface area contributed by atoms with Crippen molar-refractivity contribution in [2.24, 2.45) is 5.10 Å². The van der Waals surface area contributed by atoms with Gasteiger partial charge in [0.15, 0.2) is 0 Å². The van der Waals surface area contributed by atoms with Crippen LogP contribution in [-0.4, -0.2) is 18.1 Å². The highest BCUT2D eigenvalue weighted by molar-refractivity contribution is 6.30. The summed E-state index contributed by atoms with van der Waals surface area (Å²) in [5, 5.41) is 6.45. The van der Waals surface area contributed by atoms with E-state index in [0.717, 1.165) is 16.3 Å². The molecule has 0 aliphatic heterocycles. The number of benzene rings is 4.